The molecule has 0 saturated carbocycles. The molecule has 0 unspecified atom stereocenters. The third-order valence-corrected chi connectivity index (χ3v) is 2.90. The third-order valence-electron chi connectivity index (χ3n) is 2.57. The van der Waals surface area contributed by atoms with Crippen molar-refractivity contribution >= 4 is 28.5 Å². The van der Waals surface area contributed by atoms with E-state index in [2.05, 4.69) is 11.4 Å². The zero-order valence-corrected chi connectivity index (χ0v) is 10.4. The summed E-state index contributed by atoms with van der Waals surface area (Å²) < 4.78 is 0. The molecule has 0 saturated heterocycles. The summed E-state index contributed by atoms with van der Waals surface area (Å²) in [5, 5.41) is 3.39. The Balaban J connectivity index is 2.33. The summed E-state index contributed by atoms with van der Waals surface area (Å²) in [5.41, 5.74) is 5.90. The molecule has 0 aliphatic heterocycles. The number of benzene rings is 2. The van der Waals surface area contributed by atoms with Gasteiger partial charge in [0.25, 0.3) is 0 Å². The highest BCUT2D eigenvalue weighted by Gasteiger charge is 2.03. The average Bonchev–Trinajstić information content (AvgIpc) is 2.40. The lowest BCUT2D eigenvalue weighted by Crippen LogP contribution is -1.94. The number of para-hydroxylation sites is 2. The van der Waals surface area contributed by atoms with Crippen molar-refractivity contribution in [3.05, 3.63) is 65.7 Å². The van der Waals surface area contributed by atoms with Gasteiger partial charge in [0.1, 0.15) is 0 Å². The van der Waals surface area contributed by atoms with Gasteiger partial charge in [-0.05, 0) is 30.7 Å². The Kier molecular flexibility index (Phi) is 3.84. The van der Waals surface area contributed by atoms with Crippen LogP contribution in [0.1, 0.15) is 12.5 Å². The molecule has 0 aliphatic rings. The zero-order chi connectivity index (χ0) is 12.1. The molecule has 0 heterocycles. The predicted octanol–water partition coefficient (Wildman–Crippen LogP) is 5.03. The van der Waals surface area contributed by atoms with Crippen LogP contribution in [-0.2, 0) is 0 Å². The summed E-state index contributed by atoms with van der Waals surface area (Å²) >= 11 is 5.77. The molecular formula is C15H14ClN. The average molecular weight is 244 g/mol. The molecule has 2 rings (SSSR count). The highest BCUT2D eigenvalue weighted by Crippen LogP contribution is 2.26. The molecule has 0 bridgehead atoms. The van der Waals surface area contributed by atoms with E-state index in [0.29, 0.717) is 0 Å². The van der Waals surface area contributed by atoms with Gasteiger partial charge >= 0.3 is 0 Å². The number of hydrogen-bond donors (Lipinski definition) is 1. The second-order valence-corrected chi connectivity index (χ2v) is 4.05. The summed E-state index contributed by atoms with van der Waals surface area (Å²) in [6.07, 6.45) is 0. The van der Waals surface area contributed by atoms with Crippen LogP contribution >= 0.6 is 11.6 Å². The van der Waals surface area contributed by atoms with E-state index in [0.717, 1.165) is 22.5 Å². The first-order chi connectivity index (χ1) is 8.31. The molecule has 0 aromatic heterocycles. The van der Waals surface area contributed by atoms with Gasteiger partial charge in [-0.2, -0.15) is 0 Å². The fraction of sp³-hybridized carbons (Fsp3) is 0.0667. The number of rotatable bonds is 3. The van der Waals surface area contributed by atoms with E-state index in [1.807, 2.05) is 55.5 Å². The van der Waals surface area contributed by atoms with E-state index in [1.165, 1.54) is 0 Å². The van der Waals surface area contributed by atoms with Gasteiger partial charge in [-0.3, -0.25) is 0 Å². The van der Waals surface area contributed by atoms with Gasteiger partial charge in [-0.1, -0.05) is 48.0 Å². The van der Waals surface area contributed by atoms with Crippen molar-refractivity contribution in [2.24, 2.45) is 0 Å². The summed E-state index contributed by atoms with van der Waals surface area (Å²) in [6, 6.07) is 18.2. The van der Waals surface area contributed by atoms with Gasteiger partial charge in [0.2, 0.25) is 0 Å². The van der Waals surface area contributed by atoms with Crippen LogP contribution in [0.3, 0.4) is 0 Å². The molecule has 86 valence electrons. The smallest absolute Gasteiger partial charge is 0.0460 e. The molecule has 0 aliphatic carbocycles. The molecular weight excluding hydrogens is 230 g/mol. The molecule has 2 heteroatoms. The first-order valence-electron chi connectivity index (χ1n) is 5.49. The number of nitrogens with one attached hydrogen (secondary N) is 1. The normalized spacial score (nSPS) is 11.3. The minimum absolute atomic E-state index is 1.05. The van der Waals surface area contributed by atoms with Crippen LogP contribution in [0.15, 0.2) is 60.1 Å². The van der Waals surface area contributed by atoms with E-state index >= 15 is 0 Å². The molecule has 0 radical (unpaired) electrons. The van der Waals surface area contributed by atoms with Gasteiger partial charge in [-0.25, -0.2) is 0 Å². The van der Waals surface area contributed by atoms with E-state index in [1.54, 1.807) is 5.54 Å². The van der Waals surface area contributed by atoms with Crippen LogP contribution in [0.5, 0.6) is 0 Å². The quantitative estimate of drug-likeness (QED) is 0.797. The molecule has 1 N–H and O–H groups in total. The van der Waals surface area contributed by atoms with Crippen molar-refractivity contribution in [1.82, 2.24) is 0 Å². The fourth-order valence-corrected chi connectivity index (χ4v) is 1.79. The molecule has 1 nitrogen and oxygen atoms in total. The Morgan fingerprint density at radius 3 is 2.35 bits per heavy atom. The SMILES string of the molecule is C/C(=C/Cl)c1ccccc1Nc1ccccc1. The lowest BCUT2D eigenvalue weighted by molar-refractivity contribution is 1.50. The molecule has 0 amide bonds. The molecule has 2 aromatic rings. The van der Waals surface area contributed by atoms with Crippen LogP contribution < -0.4 is 5.32 Å². The number of hydrogen-bond acceptors (Lipinski definition) is 1. The second kappa shape index (κ2) is 5.55. The number of allylic oxidation sites excluding steroid dienone is 1. The van der Waals surface area contributed by atoms with Gasteiger partial charge < -0.3 is 5.32 Å². The van der Waals surface area contributed by atoms with Crippen LogP contribution in [0.2, 0.25) is 0 Å². The van der Waals surface area contributed by atoms with Crippen molar-refractivity contribution in [3.8, 4) is 0 Å². The van der Waals surface area contributed by atoms with E-state index < -0.39 is 0 Å². The second-order valence-electron chi connectivity index (χ2n) is 3.83. The Bertz CT molecular complexity index is 517. The third kappa shape index (κ3) is 2.89. The first kappa shape index (κ1) is 11.7. The van der Waals surface area contributed by atoms with Crippen molar-refractivity contribution < 1.29 is 0 Å². The van der Waals surface area contributed by atoms with Gasteiger partial charge in [0.05, 0.1) is 0 Å². The molecule has 0 atom stereocenters. The summed E-state index contributed by atoms with van der Waals surface area (Å²) in [6.45, 7) is 2.00. The number of anilines is 2. The van der Waals surface area contributed by atoms with Gasteiger partial charge in [-0.15, -0.1) is 0 Å². The first-order valence-corrected chi connectivity index (χ1v) is 5.93. The number of halogens is 1. The van der Waals surface area contributed by atoms with Crippen LogP contribution in [0, 0.1) is 0 Å². The largest absolute Gasteiger partial charge is 0.355 e. The van der Waals surface area contributed by atoms with Crippen molar-refractivity contribution in [3.63, 3.8) is 0 Å². The highest BCUT2D eigenvalue weighted by atomic mass is 35.5. The highest BCUT2D eigenvalue weighted by molar-refractivity contribution is 6.28. The molecule has 2 aromatic carbocycles. The zero-order valence-electron chi connectivity index (χ0n) is 9.65. The van der Waals surface area contributed by atoms with Crippen molar-refractivity contribution in [1.29, 1.82) is 0 Å². The minimum atomic E-state index is 1.05. The Labute approximate surface area is 107 Å². The molecule has 0 fully saturated rings. The predicted molar refractivity (Wildman–Crippen MR) is 75.7 cm³/mol. The van der Waals surface area contributed by atoms with Crippen molar-refractivity contribution in [2.75, 3.05) is 5.32 Å². The van der Waals surface area contributed by atoms with Gasteiger partial charge in [0, 0.05) is 22.5 Å². The summed E-state index contributed by atoms with van der Waals surface area (Å²) in [5.74, 6) is 0. The maximum atomic E-state index is 5.77. The Morgan fingerprint density at radius 2 is 1.65 bits per heavy atom. The topological polar surface area (TPSA) is 12.0 Å². The van der Waals surface area contributed by atoms with Gasteiger partial charge in [0.15, 0.2) is 0 Å². The minimum Gasteiger partial charge on any atom is -0.355 e. The van der Waals surface area contributed by atoms with Crippen LogP contribution in [0.4, 0.5) is 11.4 Å². The van der Waals surface area contributed by atoms with Crippen LogP contribution in [-0.4, -0.2) is 0 Å². The fourth-order valence-electron chi connectivity index (χ4n) is 1.67. The van der Waals surface area contributed by atoms with E-state index in [9.17, 15) is 0 Å². The van der Waals surface area contributed by atoms with E-state index in [-0.39, 0.29) is 0 Å². The Hall–Kier alpha value is -1.73. The lowest BCUT2D eigenvalue weighted by Gasteiger charge is -2.11. The molecule has 17 heavy (non-hydrogen) atoms. The standard InChI is InChI=1S/C15H14ClN/c1-12(11-16)14-9-5-6-10-15(14)17-13-7-3-2-4-8-13/h2-11,17H,1H3/b12-11-. The van der Waals surface area contributed by atoms with Crippen LogP contribution in [0.25, 0.3) is 5.57 Å². The molecule has 0 spiro atoms. The maximum absolute atomic E-state index is 5.77. The summed E-state index contributed by atoms with van der Waals surface area (Å²) in [7, 11) is 0. The van der Waals surface area contributed by atoms with E-state index in [4.69, 9.17) is 11.6 Å². The Morgan fingerprint density at radius 1 is 1.00 bits per heavy atom. The summed E-state index contributed by atoms with van der Waals surface area (Å²) in [4.78, 5) is 0. The van der Waals surface area contributed by atoms with Crippen molar-refractivity contribution in [2.45, 2.75) is 6.92 Å². The maximum Gasteiger partial charge on any atom is 0.0460 e. The monoisotopic (exact) mass is 243 g/mol. The lowest BCUT2D eigenvalue weighted by atomic mass is 10.1.